The Morgan fingerprint density at radius 3 is 2.45 bits per heavy atom. The number of carbonyl (C=O) groups is 2. The highest BCUT2D eigenvalue weighted by Crippen LogP contribution is 2.27. The molecule has 2 N–H and O–H groups in total. The number of nitrogens with one attached hydrogen (secondary N) is 2. The van der Waals surface area contributed by atoms with E-state index in [1.165, 1.54) is 16.8 Å². The molecule has 1 saturated heterocycles. The second-order valence-electron chi connectivity index (χ2n) is 9.43. The molecule has 0 unspecified atom stereocenters. The molecule has 2 amide bonds. The number of ether oxygens (including phenoxy) is 1. The summed E-state index contributed by atoms with van der Waals surface area (Å²) in [4.78, 5) is 44.2. The van der Waals surface area contributed by atoms with E-state index in [0.29, 0.717) is 42.9 Å². The lowest BCUT2D eigenvalue weighted by Crippen LogP contribution is -2.41. The van der Waals surface area contributed by atoms with E-state index in [4.69, 9.17) is 4.74 Å². The van der Waals surface area contributed by atoms with Crippen LogP contribution in [0.5, 0.6) is 0 Å². The molecular weight excluding hydrogens is 422 g/mol. The fourth-order valence-corrected chi connectivity index (χ4v) is 3.89. The van der Waals surface area contributed by atoms with E-state index in [0.717, 1.165) is 5.56 Å². The number of benzene rings is 1. The van der Waals surface area contributed by atoms with E-state index in [1.54, 1.807) is 4.90 Å². The van der Waals surface area contributed by atoms with Crippen LogP contribution in [0.4, 0.5) is 10.5 Å². The van der Waals surface area contributed by atoms with Crippen LogP contribution < -0.4 is 10.9 Å². The second kappa shape index (κ2) is 8.73. The van der Waals surface area contributed by atoms with Gasteiger partial charge >= 0.3 is 6.09 Å². The van der Waals surface area contributed by atoms with Crippen molar-refractivity contribution in [2.75, 3.05) is 18.4 Å². The standard InChI is InChI=1S/C24H29N5O4/c1-15-5-7-17(8-6-15)26-22(31)18-14-25-29-20(30)13-19(27-21(18)29)16-9-11-28(12-10-16)23(32)33-24(2,3)4/h5-8,13-14,16,25H,9-12H2,1-4H3,(H,26,31). The number of rotatable bonds is 3. The maximum absolute atomic E-state index is 12.9. The number of hydrogen-bond acceptors (Lipinski definition) is 5. The lowest BCUT2D eigenvalue weighted by Gasteiger charge is -2.33. The Bertz CT molecular complexity index is 1230. The van der Waals surface area contributed by atoms with E-state index in [1.807, 2.05) is 52.0 Å². The van der Waals surface area contributed by atoms with Crippen LogP contribution in [0.3, 0.4) is 0 Å². The third-order valence-corrected chi connectivity index (χ3v) is 5.64. The first kappa shape index (κ1) is 22.6. The monoisotopic (exact) mass is 451 g/mol. The van der Waals surface area contributed by atoms with E-state index < -0.39 is 5.60 Å². The summed E-state index contributed by atoms with van der Waals surface area (Å²) < 4.78 is 6.72. The van der Waals surface area contributed by atoms with Gasteiger partial charge in [0.2, 0.25) is 0 Å². The Kier molecular flexibility index (Phi) is 5.97. The number of hydrogen-bond donors (Lipinski definition) is 2. The van der Waals surface area contributed by atoms with Gasteiger partial charge in [0.25, 0.3) is 11.5 Å². The maximum Gasteiger partial charge on any atom is 0.410 e. The average molecular weight is 452 g/mol. The molecule has 1 fully saturated rings. The van der Waals surface area contributed by atoms with Crippen LogP contribution in [-0.4, -0.2) is 50.2 Å². The molecule has 3 aromatic rings. The number of aromatic nitrogens is 3. The van der Waals surface area contributed by atoms with Gasteiger partial charge < -0.3 is 15.0 Å². The topological polar surface area (TPSA) is 109 Å². The van der Waals surface area contributed by atoms with Crippen molar-refractivity contribution < 1.29 is 14.3 Å². The Morgan fingerprint density at radius 1 is 1.15 bits per heavy atom. The fraction of sp³-hybridized carbons (Fsp3) is 0.417. The van der Waals surface area contributed by atoms with Gasteiger partial charge in [-0.2, -0.15) is 0 Å². The van der Waals surface area contributed by atoms with Gasteiger partial charge in [-0.25, -0.2) is 14.3 Å². The number of aryl methyl sites for hydroxylation is 1. The number of aromatic amines is 1. The van der Waals surface area contributed by atoms with Crippen LogP contribution >= 0.6 is 0 Å². The molecule has 9 heteroatoms. The van der Waals surface area contributed by atoms with Gasteiger partial charge in [0.15, 0.2) is 5.65 Å². The van der Waals surface area contributed by atoms with Crippen molar-refractivity contribution in [1.29, 1.82) is 0 Å². The SMILES string of the molecule is Cc1ccc(NC(=O)c2c[nH]n3c(=O)cc(C4CCN(C(=O)OC(C)(C)C)CC4)nc23)cc1. The minimum atomic E-state index is -0.543. The molecular formula is C24H29N5O4. The Labute approximate surface area is 191 Å². The molecule has 0 spiro atoms. The summed E-state index contributed by atoms with van der Waals surface area (Å²) in [6.45, 7) is 8.54. The summed E-state index contributed by atoms with van der Waals surface area (Å²) in [7, 11) is 0. The molecule has 33 heavy (non-hydrogen) atoms. The normalized spacial score (nSPS) is 15.0. The number of amides is 2. The third kappa shape index (κ3) is 5.08. The Balaban J connectivity index is 1.52. The number of likely N-dealkylation sites (tertiary alicyclic amines) is 1. The molecule has 0 radical (unpaired) electrons. The quantitative estimate of drug-likeness (QED) is 0.631. The molecule has 3 heterocycles. The predicted octanol–water partition coefficient (Wildman–Crippen LogP) is 3.70. The second-order valence-corrected chi connectivity index (χ2v) is 9.43. The predicted molar refractivity (Wildman–Crippen MR) is 125 cm³/mol. The van der Waals surface area contributed by atoms with Crippen molar-refractivity contribution >= 4 is 23.3 Å². The number of nitrogens with zero attached hydrogens (tertiary/aromatic N) is 3. The highest BCUT2D eigenvalue weighted by molar-refractivity contribution is 6.08. The van der Waals surface area contributed by atoms with Gasteiger partial charge in [0.05, 0.1) is 5.69 Å². The zero-order valence-electron chi connectivity index (χ0n) is 19.3. The largest absolute Gasteiger partial charge is 0.444 e. The van der Waals surface area contributed by atoms with Crippen LogP contribution in [0.1, 0.15) is 61.1 Å². The first-order valence-electron chi connectivity index (χ1n) is 11.1. The molecule has 174 valence electrons. The summed E-state index contributed by atoms with van der Waals surface area (Å²) in [6, 6.07) is 8.97. The minimum absolute atomic E-state index is 0.0179. The van der Waals surface area contributed by atoms with E-state index >= 15 is 0 Å². The molecule has 4 rings (SSSR count). The fourth-order valence-electron chi connectivity index (χ4n) is 3.89. The van der Waals surface area contributed by atoms with Crippen molar-refractivity contribution in [1.82, 2.24) is 19.5 Å². The van der Waals surface area contributed by atoms with Crippen molar-refractivity contribution in [3.8, 4) is 0 Å². The summed E-state index contributed by atoms with van der Waals surface area (Å²) in [5.41, 5.74) is 2.15. The Hall–Kier alpha value is -3.62. The highest BCUT2D eigenvalue weighted by Gasteiger charge is 2.29. The van der Waals surface area contributed by atoms with Gasteiger partial charge in [-0.15, -0.1) is 0 Å². The van der Waals surface area contributed by atoms with Crippen LogP contribution in [-0.2, 0) is 4.74 Å². The van der Waals surface area contributed by atoms with Crippen LogP contribution in [0.2, 0.25) is 0 Å². The highest BCUT2D eigenvalue weighted by atomic mass is 16.6. The van der Waals surface area contributed by atoms with Crippen molar-refractivity contribution in [3.05, 3.63) is 63.7 Å². The van der Waals surface area contributed by atoms with Crippen LogP contribution in [0, 0.1) is 6.92 Å². The molecule has 1 aromatic carbocycles. The van der Waals surface area contributed by atoms with E-state index in [2.05, 4.69) is 15.4 Å². The van der Waals surface area contributed by atoms with Crippen molar-refractivity contribution in [2.45, 2.75) is 52.1 Å². The van der Waals surface area contributed by atoms with Crippen LogP contribution in [0.15, 0.2) is 41.3 Å². The van der Waals surface area contributed by atoms with Crippen molar-refractivity contribution in [3.63, 3.8) is 0 Å². The first-order chi connectivity index (χ1) is 15.6. The number of H-pyrrole nitrogens is 1. The van der Waals surface area contributed by atoms with E-state index in [9.17, 15) is 14.4 Å². The summed E-state index contributed by atoms with van der Waals surface area (Å²) in [5.74, 6) is -0.328. The van der Waals surface area contributed by atoms with Crippen LogP contribution in [0.25, 0.3) is 5.65 Å². The van der Waals surface area contributed by atoms with Gasteiger partial charge in [-0.3, -0.25) is 14.7 Å². The molecule has 9 nitrogen and oxygen atoms in total. The number of fused-ring (bicyclic) bond motifs is 1. The smallest absolute Gasteiger partial charge is 0.410 e. The van der Waals surface area contributed by atoms with Gasteiger partial charge in [0, 0.05) is 37.0 Å². The molecule has 0 atom stereocenters. The number of piperidine rings is 1. The summed E-state index contributed by atoms with van der Waals surface area (Å²) in [6.07, 6.45) is 2.49. The number of carbonyl (C=O) groups excluding carboxylic acids is 2. The molecule has 1 aliphatic rings. The third-order valence-electron chi connectivity index (χ3n) is 5.64. The minimum Gasteiger partial charge on any atom is -0.444 e. The zero-order chi connectivity index (χ0) is 23.8. The first-order valence-corrected chi connectivity index (χ1v) is 11.1. The van der Waals surface area contributed by atoms with Gasteiger partial charge in [-0.1, -0.05) is 17.7 Å². The van der Waals surface area contributed by atoms with Crippen molar-refractivity contribution in [2.24, 2.45) is 0 Å². The molecule has 0 saturated carbocycles. The zero-order valence-corrected chi connectivity index (χ0v) is 19.3. The van der Waals surface area contributed by atoms with Gasteiger partial charge in [-0.05, 0) is 52.7 Å². The molecule has 0 bridgehead atoms. The molecule has 1 aliphatic heterocycles. The van der Waals surface area contributed by atoms with Gasteiger partial charge in [0.1, 0.15) is 11.2 Å². The maximum atomic E-state index is 12.9. The molecule has 0 aliphatic carbocycles. The Morgan fingerprint density at radius 2 is 1.82 bits per heavy atom. The summed E-state index contributed by atoms with van der Waals surface area (Å²) in [5, 5.41) is 5.66. The lowest BCUT2D eigenvalue weighted by molar-refractivity contribution is 0.0204. The molecule has 2 aromatic heterocycles. The van der Waals surface area contributed by atoms with E-state index in [-0.39, 0.29) is 29.1 Å². The number of anilines is 1. The lowest BCUT2D eigenvalue weighted by atomic mass is 9.93. The summed E-state index contributed by atoms with van der Waals surface area (Å²) >= 11 is 0. The average Bonchev–Trinajstić information content (AvgIpc) is 3.19.